The van der Waals surface area contributed by atoms with E-state index in [2.05, 4.69) is 38.1 Å². The minimum absolute atomic E-state index is 0.129. The van der Waals surface area contributed by atoms with E-state index in [9.17, 15) is 4.79 Å². The maximum Gasteiger partial charge on any atom is 0.318 e. The molecule has 2 rings (SSSR count). The molecule has 0 aromatic heterocycles. The van der Waals surface area contributed by atoms with E-state index >= 15 is 0 Å². The fourth-order valence-electron chi connectivity index (χ4n) is 2.85. The third kappa shape index (κ3) is 4.32. The molecule has 0 amide bonds. The fourth-order valence-corrected chi connectivity index (χ4v) is 6.91. The van der Waals surface area contributed by atoms with E-state index in [0.717, 1.165) is 29.3 Å². The highest BCUT2D eigenvalue weighted by atomic mass is 28.4. The summed E-state index contributed by atoms with van der Waals surface area (Å²) in [5, 5.41) is 2.33. The summed E-state index contributed by atoms with van der Waals surface area (Å²) in [6, 6.07) is 21.5. The number of carbonyl (C=O) groups excluding carboxylic acids is 1. The van der Waals surface area contributed by atoms with Crippen LogP contribution in [-0.4, -0.2) is 14.3 Å². The van der Waals surface area contributed by atoms with E-state index in [4.69, 9.17) is 4.43 Å². The molecule has 3 heteroatoms. The van der Waals surface area contributed by atoms with Gasteiger partial charge in [0.25, 0.3) is 5.97 Å². The number of unbranched alkanes of at least 4 members (excludes halogenated alkanes) is 1. The molecule has 0 heterocycles. The summed E-state index contributed by atoms with van der Waals surface area (Å²) in [6.45, 7) is 5.95. The largest absolute Gasteiger partial charge is 0.510 e. The Labute approximate surface area is 140 Å². The van der Waals surface area contributed by atoms with Crippen LogP contribution in [0.25, 0.3) is 0 Å². The minimum atomic E-state index is -2.55. The number of hydrogen-bond acceptors (Lipinski definition) is 2. The van der Waals surface area contributed by atoms with Crippen molar-refractivity contribution in [3.63, 3.8) is 0 Å². The second kappa shape index (κ2) is 8.68. The Balaban J connectivity index is 2.51. The van der Waals surface area contributed by atoms with Crippen molar-refractivity contribution in [1.82, 2.24) is 0 Å². The highest BCUT2D eigenvalue weighted by Gasteiger charge is 2.42. The van der Waals surface area contributed by atoms with Gasteiger partial charge in [0.05, 0.1) is 0 Å². The van der Waals surface area contributed by atoms with Gasteiger partial charge >= 0.3 is 8.32 Å². The van der Waals surface area contributed by atoms with Crippen LogP contribution in [-0.2, 0) is 9.22 Å². The summed E-state index contributed by atoms with van der Waals surface area (Å²) in [7, 11) is -2.55. The highest BCUT2D eigenvalue weighted by Crippen LogP contribution is 2.18. The maximum absolute atomic E-state index is 12.3. The van der Waals surface area contributed by atoms with Crippen LogP contribution >= 0.6 is 0 Å². The van der Waals surface area contributed by atoms with Crippen molar-refractivity contribution in [3.05, 3.63) is 67.6 Å². The summed E-state index contributed by atoms with van der Waals surface area (Å²) in [5.41, 5.74) is 0. The Morgan fingerprint density at radius 2 is 1.52 bits per heavy atom. The minimum Gasteiger partial charge on any atom is -0.510 e. The van der Waals surface area contributed by atoms with Crippen molar-refractivity contribution in [2.24, 2.45) is 0 Å². The van der Waals surface area contributed by atoms with Gasteiger partial charge in [0, 0.05) is 6.42 Å². The van der Waals surface area contributed by atoms with Gasteiger partial charge in [-0.25, -0.2) is 0 Å². The summed E-state index contributed by atoms with van der Waals surface area (Å²) >= 11 is 0. The number of carbonyl (C=O) groups is 1. The van der Waals surface area contributed by atoms with Gasteiger partial charge in [-0.05, 0) is 22.8 Å². The standard InChI is InChI=1S/C20H25O2Si/c1-3-5-17-23(22-20(21)12-4-2,18-13-8-6-9-14-18)19-15-10-7-11-16-19/h6-11,13-16H,2-5,12,17H2,1H3. The molecule has 0 aliphatic rings. The Bertz CT molecular complexity index is 556. The van der Waals surface area contributed by atoms with Gasteiger partial charge in [-0.3, -0.25) is 4.79 Å². The molecule has 2 nitrogen and oxygen atoms in total. The van der Waals surface area contributed by atoms with Crippen molar-refractivity contribution in [2.75, 3.05) is 0 Å². The van der Waals surface area contributed by atoms with E-state index in [0.29, 0.717) is 12.8 Å². The summed E-state index contributed by atoms with van der Waals surface area (Å²) in [6.07, 6.45) is 3.08. The predicted octanol–water partition coefficient (Wildman–Crippen LogP) is 3.70. The summed E-state index contributed by atoms with van der Waals surface area (Å²) in [4.78, 5) is 12.3. The SMILES string of the molecule is [CH2]CCC(=O)O[Si](CCCC)(c1ccccc1)c1ccccc1. The molecular formula is C20H25O2Si. The fraction of sp³-hybridized carbons (Fsp3) is 0.300. The zero-order chi connectivity index (χ0) is 16.5. The second-order valence-corrected chi connectivity index (χ2v) is 9.25. The van der Waals surface area contributed by atoms with Crippen molar-refractivity contribution in [2.45, 2.75) is 38.7 Å². The quantitative estimate of drug-likeness (QED) is 0.692. The van der Waals surface area contributed by atoms with Gasteiger partial charge in [-0.1, -0.05) is 87.4 Å². The van der Waals surface area contributed by atoms with Crippen molar-refractivity contribution in [1.29, 1.82) is 0 Å². The Kier molecular flexibility index (Phi) is 6.60. The predicted molar refractivity (Wildman–Crippen MR) is 98.3 cm³/mol. The molecule has 0 fully saturated rings. The number of hydrogen-bond donors (Lipinski definition) is 0. The molecule has 0 saturated heterocycles. The first kappa shape index (κ1) is 17.5. The lowest BCUT2D eigenvalue weighted by atomic mass is 10.3. The van der Waals surface area contributed by atoms with Crippen LogP contribution < -0.4 is 10.4 Å². The molecule has 2 aromatic rings. The molecular weight excluding hydrogens is 300 g/mol. The van der Waals surface area contributed by atoms with E-state index in [1.807, 2.05) is 36.4 Å². The summed E-state index contributed by atoms with van der Waals surface area (Å²) in [5.74, 6) is -0.129. The average Bonchev–Trinajstić information content (AvgIpc) is 2.60. The molecule has 0 bridgehead atoms. The molecule has 0 saturated carbocycles. The van der Waals surface area contributed by atoms with Gasteiger partial charge in [0.15, 0.2) is 0 Å². The molecule has 23 heavy (non-hydrogen) atoms. The summed E-state index contributed by atoms with van der Waals surface area (Å²) < 4.78 is 6.21. The molecule has 121 valence electrons. The monoisotopic (exact) mass is 325 g/mol. The lowest BCUT2D eigenvalue weighted by Crippen LogP contribution is -2.61. The van der Waals surface area contributed by atoms with Gasteiger partial charge in [-0.15, -0.1) is 0 Å². The Hall–Kier alpha value is -1.87. The number of benzene rings is 2. The molecule has 0 aliphatic carbocycles. The van der Waals surface area contributed by atoms with Gasteiger partial charge in [-0.2, -0.15) is 0 Å². The van der Waals surface area contributed by atoms with Crippen LogP contribution in [0.1, 0.15) is 32.6 Å². The van der Waals surface area contributed by atoms with Gasteiger partial charge in [0.2, 0.25) is 0 Å². The normalized spacial score (nSPS) is 11.2. The third-order valence-corrected chi connectivity index (χ3v) is 8.20. The molecule has 0 aliphatic heterocycles. The average molecular weight is 326 g/mol. The van der Waals surface area contributed by atoms with Crippen LogP contribution in [0.2, 0.25) is 6.04 Å². The zero-order valence-electron chi connectivity index (χ0n) is 13.8. The molecule has 0 N–H and O–H groups in total. The van der Waals surface area contributed by atoms with Gasteiger partial charge < -0.3 is 4.43 Å². The van der Waals surface area contributed by atoms with E-state index in [-0.39, 0.29) is 5.97 Å². The number of rotatable bonds is 8. The van der Waals surface area contributed by atoms with E-state index in [1.54, 1.807) is 0 Å². The van der Waals surface area contributed by atoms with Crippen LogP contribution in [0.15, 0.2) is 60.7 Å². The van der Waals surface area contributed by atoms with Crippen molar-refractivity contribution < 1.29 is 9.22 Å². The molecule has 0 unspecified atom stereocenters. The van der Waals surface area contributed by atoms with Crippen LogP contribution in [0.4, 0.5) is 0 Å². The van der Waals surface area contributed by atoms with Crippen LogP contribution in [0.5, 0.6) is 0 Å². The third-order valence-electron chi connectivity index (χ3n) is 4.03. The first-order valence-corrected chi connectivity index (χ1v) is 10.5. The van der Waals surface area contributed by atoms with Crippen LogP contribution in [0.3, 0.4) is 0 Å². The zero-order valence-corrected chi connectivity index (χ0v) is 14.8. The first-order chi connectivity index (χ1) is 11.2. The molecule has 0 atom stereocenters. The van der Waals surface area contributed by atoms with E-state index in [1.165, 1.54) is 0 Å². The second-order valence-electron chi connectivity index (χ2n) is 5.74. The topological polar surface area (TPSA) is 26.3 Å². The van der Waals surface area contributed by atoms with E-state index < -0.39 is 8.32 Å². The molecule has 1 radical (unpaired) electrons. The van der Waals surface area contributed by atoms with Crippen molar-refractivity contribution in [3.8, 4) is 0 Å². The lowest BCUT2D eigenvalue weighted by molar-refractivity contribution is -0.134. The van der Waals surface area contributed by atoms with Crippen molar-refractivity contribution >= 4 is 24.7 Å². The molecule has 2 aromatic carbocycles. The van der Waals surface area contributed by atoms with Crippen LogP contribution in [0, 0.1) is 6.92 Å². The Morgan fingerprint density at radius 3 is 1.96 bits per heavy atom. The van der Waals surface area contributed by atoms with Gasteiger partial charge in [0.1, 0.15) is 0 Å². The first-order valence-electron chi connectivity index (χ1n) is 8.35. The highest BCUT2D eigenvalue weighted by molar-refractivity contribution is 6.98. The Morgan fingerprint density at radius 1 is 1.00 bits per heavy atom. The molecule has 0 spiro atoms. The maximum atomic E-state index is 12.3. The lowest BCUT2D eigenvalue weighted by Gasteiger charge is -2.32. The smallest absolute Gasteiger partial charge is 0.318 e.